The average molecular weight is 262 g/mol. The van der Waals surface area contributed by atoms with Crippen molar-refractivity contribution in [3.63, 3.8) is 0 Å². The summed E-state index contributed by atoms with van der Waals surface area (Å²) in [5.41, 5.74) is 0. The number of sulfonamides is 1. The fourth-order valence-corrected chi connectivity index (χ4v) is 3.86. The van der Waals surface area contributed by atoms with Gasteiger partial charge in [0.05, 0.1) is 11.7 Å². The van der Waals surface area contributed by atoms with Crippen molar-refractivity contribution in [3.8, 4) is 0 Å². The van der Waals surface area contributed by atoms with E-state index in [0.29, 0.717) is 32.7 Å². The molecule has 1 heterocycles. The molecule has 1 saturated heterocycles. The fourth-order valence-electron chi connectivity index (χ4n) is 2.04. The van der Waals surface area contributed by atoms with Crippen molar-refractivity contribution in [1.29, 1.82) is 0 Å². The zero-order chi connectivity index (χ0) is 12.5. The maximum atomic E-state index is 11.9. The average Bonchev–Trinajstić information content (AvgIpc) is 3.11. The van der Waals surface area contributed by atoms with Gasteiger partial charge in [-0.3, -0.25) is 4.79 Å². The van der Waals surface area contributed by atoms with Gasteiger partial charge in [0.1, 0.15) is 0 Å². The van der Waals surface area contributed by atoms with E-state index >= 15 is 0 Å². The maximum Gasteiger partial charge on any atom is 0.304 e. The Kier molecular flexibility index (Phi) is 3.70. The number of hydrogen-bond acceptors (Lipinski definition) is 4. The van der Waals surface area contributed by atoms with Crippen molar-refractivity contribution >= 4 is 16.0 Å². The Morgan fingerprint density at radius 2 is 1.76 bits per heavy atom. The summed E-state index contributed by atoms with van der Waals surface area (Å²) in [6, 6.07) is 0. The first kappa shape index (κ1) is 12.8. The van der Waals surface area contributed by atoms with Crippen molar-refractivity contribution < 1.29 is 18.3 Å². The molecule has 0 aromatic heterocycles. The molecule has 0 atom stereocenters. The summed E-state index contributed by atoms with van der Waals surface area (Å²) in [7, 11) is -3.05. The van der Waals surface area contributed by atoms with Crippen LogP contribution in [0.3, 0.4) is 0 Å². The van der Waals surface area contributed by atoms with Gasteiger partial charge in [0.2, 0.25) is 10.0 Å². The van der Waals surface area contributed by atoms with Crippen LogP contribution in [0.15, 0.2) is 0 Å². The van der Waals surface area contributed by atoms with E-state index in [2.05, 4.69) is 0 Å². The second kappa shape index (κ2) is 4.91. The van der Waals surface area contributed by atoms with Crippen molar-refractivity contribution in [1.82, 2.24) is 9.21 Å². The SMILES string of the molecule is O=C(O)CCN1CCN(S(=O)(=O)C2CC2)CC1. The molecule has 2 aliphatic rings. The molecule has 0 bridgehead atoms. The van der Waals surface area contributed by atoms with E-state index in [-0.39, 0.29) is 11.7 Å². The van der Waals surface area contributed by atoms with Crippen LogP contribution in [0.5, 0.6) is 0 Å². The molecule has 2 rings (SSSR count). The molecule has 1 aliphatic heterocycles. The Hall–Kier alpha value is -0.660. The molecule has 98 valence electrons. The molecule has 0 aromatic rings. The van der Waals surface area contributed by atoms with Crippen LogP contribution < -0.4 is 0 Å². The Labute approximate surface area is 101 Å². The zero-order valence-corrected chi connectivity index (χ0v) is 10.5. The van der Waals surface area contributed by atoms with Gasteiger partial charge >= 0.3 is 5.97 Å². The van der Waals surface area contributed by atoms with E-state index in [1.54, 1.807) is 4.31 Å². The van der Waals surface area contributed by atoms with Crippen molar-refractivity contribution in [2.24, 2.45) is 0 Å². The van der Waals surface area contributed by atoms with Gasteiger partial charge in [-0.1, -0.05) is 0 Å². The number of carbonyl (C=O) groups is 1. The highest BCUT2D eigenvalue weighted by molar-refractivity contribution is 7.90. The predicted octanol–water partition coefficient (Wildman–Crippen LogP) is -0.429. The van der Waals surface area contributed by atoms with Crippen LogP contribution in [0, 0.1) is 0 Å². The van der Waals surface area contributed by atoms with Crippen LogP contribution in [0.2, 0.25) is 0 Å². The Balaban J connectivity index is 1.79. The molecule has 1 N–H and O–H groups in total. The van der Waals surface area contributed by atoms with E-state index < -0.39 is 16.0 Å². The summed E-state index contributed by atoms with van der Waals surface area (Å²) in [5, 5.41) is 8.43. The number of nitrogens with zero attached hydrogens (tertiary/aromatic N) is 2. The van der Waals surface area contributed by atoms with Crippen LogP contribution in [0.25, 0.3) is 0 Å². The minimum atomic E-state index is -3.05. The van der Waals surface area contributed by atoms with Gasteiger partial charge in [0, 0.05) is 32.7 Å². The molecule has 17 heavy (non-hydrogen) atoms. The molecular weight excluding hydrogens is 244 g/mol. The van der Waals surface area contributed by atoms with Gasteiger partial charge in [-0.05, 0) is 12.8 Å². The Morgan fingerprint density at radius 3 is 2.24 bits per heavy atom. The second-order valence-electron chi connectivity index (χ2n) is 4.63. The lowest BCUT2D eigenvalue weighted by Crippen LogP contribution is -2.49. The highest BCUT2D eigenvalue weighted by Gasteiger charge is 2.40. The number of piperazine rings is 1. The van der Waals surface area contributed by atoms with Crippen molar-refractivity contribution in [2.45, 2.75) is 24.5 Å². The molecule has 0 radical (unpaired) electrons. The summed E-state index contributed by atoms with van der Waals surface area (Å²) >= 11 is 0. The maximum absolute atomic E-state index is 11.9. The van der Waals surface area contributed by atoms with Gasteiger partial charge in [-0.25, -0.2) is 8.42 Å². The highest BCUT2D eigenvalue weighted by Crippen LogP contribution is 2.31. The lowest BCUT2D eigenvalue weighted by atomic mass is 10.3. The van der Waals surface area contributed by atoms with Gasteiger partial charge in [-0.2, -0.15) is 4.31 Å². The van der Waals surface area contributed by atoms with E-state index in [1.165, 1.54) is 0 Å². The van der Waals surface area contributed by atoms with Gasteiger partial charge in [0.25, 0.3) is 0 Å². The monoisotopic (exact) mass is 262 g/mol. The summed E-state index contributed by atoms with van der Waals surface area (Å²) in [6.07, 6.45) is 1.71. The van der Waals surface area contributed by atoms with E-state index in [0.717, 1.165) is 12.8 Å². The standard InChI is InChI=1S/C10H18N2O4S/c13-10(14)3-4-11-5-7-12(8-6-11)17(15,16)9-1-2-9/h9H,1-8H2,(H,13,14). The lowest BCUT2D eigenvalue weighted by molar-refractivity contribution is -0.137. The quantitative estimate of drug-likeness (QED) is 0.727. The molecule has 1 saturated carbocycles. The number of aliphatic carboxylic acids is 1. The van der Waals surface area contributed by atoms with Crippen molar-refractivity contribution in [2.75, 3.05) is 32.7 Å². The van der Waals surface area contributed by atoms with Crippen LogP contribution in [-0.4, -0.2) is 66.7 Å². The first-order chi connectivity index (χ1) is 8.00. The number of carboxylic acid groups (broad SMARTS) is 1. The molecule has 6 nitrogen and oxygen atoms in total. The van der Waals surface area contributed by atoms with E-state index in [1.807, 2.05) is 4.90 Å². The smallest absolute Gasteiger partial charge is 0.304 e. The Morgan fingerprint density at radius 1 is 1.18 bits per heavy atom. The predicted molar refractivity (Wildman–Crippen MR) is 62.2 cm³/mol. The minimum absolute atomic E-state index is 0.120. The largest absolute Gasteiger partial charge is 0.481 e. The molecule has 2 fully saturated rings. The summed E-state index contributed by atoms with van der Waals surface area (Å²) < 4.78 is 25.4. The first-order valence-corrected chi connectivity index (χ1v) is 7.43. The second-order valence-corrected chi connectivity index (χ2v) is 6.84. The third-order valence-electron chi connectivity index (χ3n) is 3.28. The summed E-state index contributed by atoms with van der Waals surface area (Å²) in [5.74, 6) is -0.807. The van der Waals surface area contributed by atoms with E-state index in [9.17, 15) is 13.2 Å². The normalized spacial score (nSPS) is 23.8. The summed E-state index contributed by atoms with van der Waals surface area (Å²) in [6.45, 7) is 2.78. The fraction of sp³-hybridized carbons (Fsp3) is 0.900. The third-order valence-corrected chi connectivity index (χ3v) is 5.68. The summed E-state index contributed by atoms with van der Waals surface area (Å²) in [4.78, 5) is 12.4. The van der Waals surface area contributed by atoms with Crippen LogP contribution >= 0.6 is 0 Å². The van der Waals surface area contributed by atoms with Gasteiger partial charge in [0.15, 0.2) is 0 Å². The van der Waals surface area contributed by atoms with Gasteiger partial charge < -0.3 is 10.0 Å². The van der Waals surface area contributed by atoms with E-state index in [4.69, 9.17) is 5.11 Å². The number of carboxylic acids is 1. The third kappa shape index (κ3) is 3.17. The van der Waals surface area contributed by atoms with Crippen LogP contribution in [-0.2, 0) is 14.8 Å². The topological polar surface area (TPSA) is 77.9 Å². The minimum Gasteiger partial charge on any atom is -0.481 e. The zero-order valence-electron chi connectivity index (χ0n) is 9.71. The van der Waals surface area contributed by atoms with Crippen LogP contribution in [0.4, 0.5) is 0 Å². The van der Waals surface area contributed by atoms with Crippen LogP contribution in [0.1, 0.15) is 19.3 Å². The molecule has 0 aromatic carbocycles. The van der Waals surface area contributed by atoms with Gasteiger partial charge in [-0.15, -0.1) is 0 Å². The molecule has 0 spiro atoms. The number of hydrogen-bond donors (Lipinski definition) is 1. The molecule has 7 heteroatoms. The molecular formula is C10H18N2O4S. The molecule has 1 aliphatic carbocycles. The Bertz CT molecular complexity index is 383. The highest BCUT2D eigenvalue weighted by atomic mass is 32.2. The molecule has 0 unspecified atom stereocenters. The van der Waals surface area contributed by atoms with Crippen molar-refractivity contribution in [3.05, 3.63) is 0 Å². The number of rotatable bonds is 5. The molecule has 0 amide bonds. The first-order valence-electron chi connectivity index (χ1n) is 5.93. The lowest BCUT2D eigenvalue weighted by Gasteiger charge is -2.33.